The zero-order valence-corrected chi connectivity index (χ0v) is 20.3. The Balaban J connectivity index is 1.76. The smallest absolute Gasteiger partial charge is 0.196 e. The quantitative estimate of drug-likeness (QED) is 0.341. The van der Waals surface area contributed by atoms with Crippen LogP contribution in [0.4, 0.5) is 17.3 Å². The number of carbonyl (C=O) groups excluding carboxylic acids is 1. The number of nitrogens with one attached hydrogen (secondary N) is 2. The van der Waals surface area contributed by atoms with Gasteiger partial charge in [0.25, 0.3) is 0 Å². The molecule has 3 N–H and O–H groups in total. The SMILES string of the molecule is Cc1cc([C@H](Nc2nc3c(nc2Nc2cccc(C(=O)C(C)C)c2O)=NCN=3)C(C)C)oc1C. The van der Waals surface area contributed by atoms with Crippen LogP contribution in [0.2, 0.25) is 0 Å². The second kappa shape index (κ2) is 9.24. The fourth-order valence-electron chi connectivity index (χ4n) is 3.74. The van der Waals surface area contributed by atoms with Crippen molar-refractivity contribution in [1.82, 2.24) is 9.97 Å². The highest BCUT2D eigenvalue weighted by Gasteiger charge is 2.24. The Morgan fingerprint density at radius 2 is 1.74 bits per heavy atom. The number of phenols is 1. The van der Waals surface area contributed by atoms with Crippen LogP contribution < -0.4 is 21.6 Å². The van der Waals surface area contributed by atoms with Crippen LogP contribution in [0.3, 0.4) is 0 Å². The van der Waals surface area contributed by atoms with Crippen LogP contribution >= 0.6 is 0 Å². The number of anilines is 3. The molecule has 1 atom stereocenters. The van der Waals surface area contributed by atoms with E-state index in [4.69, 9.17) is 4.42 Å². The van der Waals surface area contributed by atoms with Gasteiger partial charge in [0.05, 0.1) is 17.3 Å². The van der Waals surface area contributed by atoms with Crippen molar-refractivity contribution in [1.29, 1.82) is 0 Å². The summed E-state index contributed by atoms with van der Waals surface area (Å²) in [7, 11) is 0. The highest BCUT2D eigenvalue weighted by atomic mass is 16.3. The number of aryl methyl sites for hydroxylation is 2. The Kier molecular flexibility index (Phi) is 6.37. The number of nitrogens with zero attached hydrogens (tertiary/aromatic N) is 4. The lowest BCUT2D eigenvalue weighted by Gasteiger charge is -2.22. The second-order valence-electron chi connectivity index (χ2n) is 9.13. The summed E-state index contributed by atoms with van der Waals surface area (Å²) in [5.41, 5.74) is 2.56. The van der Waals surface area contributed by atoms with Crippen LogP contribution in [0.15, 0.2) is 38.7 Å². The molecule has 0 saturated carbocycles. The molecule has 2 aromatic heterocycles. The van der Waals surface area contributed by atoms with E-state index in [1.165, 1.54) is 0 Å². The van der Waals surface area contributed by atoms with E-state index in [0.717, 1.165) is 17.1 Å². The first kappa shape index (κ1) is 23.4. The number of fused-ring (bicyclic) bond motifs is 1. The van der Waals surface area contributed by atoms with E-state index in [2.05, 4.69) is 44.4 Å². The summed E-state index contributed by atoms with van der Waals surface area (Å²) in [6.07, 6.45) is 0. The molecule has 1 aliphatic heterocycles. The maximum absolute atomic E-state index is 12.5. The molecule has 3 heterocycles. The fourth-order valence-corrected chi connectivity index (χ4v) is 3.74. The summed E-state index contributed by atoms with van der Waals surface area (Å²) in [4.78, 5) is 30.4. The van der Waals surface area contributed by atoms with Crippen molar-refractivity contribution in [3.05, 3.63) is 57.9 Å². The first-order valence-electron chi connectivity index (χ1n) is 11.4. The van der Waals surface area contributed by atoms with Gasteiger partial charge in [-0.1, -0.05) is 33.8 Å². The van der Waals surface area contributed by atoms with E-state index in [1.807, 2.05) is 19.9 Å². The van der Waals surface area contributed by atoms with Crippen LogP contribution in [-0.2, 0) is 0 Å². The standard InChI is InChI=1S/C25H30N6O3/c1-12(2)19(18-10-14(5)15(6)34-18)29-25-24(30-22-23(31-25)27-11-26-22)28-17-9-7-8-16(21(17)33)20(32)13(3)4/h7-10,12-13,19,33H,11H2,1-6H3,(H,26,28,30)(H,27,29,31)/t19-/m1/s1. The number of hydrogen-bond acceptors (Lipinski definition) is 9. The number of furan rings is 1. The lowest BCUT2D eigenvalue weighted by atomic mass is 9.99. The van der Waals surface area contributed by atoms with Crippen molar-refractivity contribution in [2.75, 3.05) is 17.3 Å². The van der Waals surface area contributed by atoms with Crippen LogP contribution in [-0.4, -0.2) is 27.5 Å². The number of Topliss-reactive ketones (excluding diaryl/α,β-unsaturated/α-hetero) is 1. The molecule has 0 unspecified atom stereocenters. The van der Waals surface area contributed by atoms with Gasteiger partial charge in [-0.3, -0.25) is 4.79 Å². The number of hydrogen-bond donors (Lipinski definition) is 3. The Labute approximate surface area is 198 Å². The predicted octanol–water partition coefficient (Wildman–Crippen LogP) is 3.99. The molecule has 34 heavy (non-hydrogen) atoms. The zero-order valence-electron chi connectivity index (χ0n) is 20.3. The van der Waals surface area contributed by atoms with Crippen molar-refractivity contribution in [3.63, 3.8) is 0 Å². The molecule has 0 amide bonds. The van der Waals surface area contributed by atoms with Gasteiger partial charge in [-0.15, -0.1) is 0 Å². The van der Waals surface area contributed by atoms with E-state index in [1.54, 1.807) is 32.0 Å². The summed E-state index contributed by atoms with van der Waals surface area (Å²) in [6.45, 7) is 12.0. The van der Waals surface area contributed by atoms with Crippen molar-refractivity contribution in [2.45, 2.75) is 47.6 Å². The van der Waals surface area contributed by atoms with E-state index >= 15 is 0 Å². The predicted molar refractivity (Wildman–Crippen MR) is 129 cm³/mol. The lowest BCUT2D eigenvalue weighted by molar-refractivity contribution is 0.0937. The van der Waals surface area contributed by atoms with Crippen molar-refractivity contribution in [3.8, 4) is 5.75 Å². The van der Waals surface area contributed by atoms with Crippen LogP contribution in [0.25, 0.3) is 0 Å². The molecular weight excluding hydrogens is 432 g/mol. The third-order valence-electron chi connectivity index (χ3n) is 5.83. The molecule has 0 radical (unpaired) electrons. The Hall–Kier alpha value is -3.75. The van der Waals surface area contributed by atoms with Gasteiger partial charge in [-0.25, -0.2) is 20.0 Å². The topological polar surface area (TPSA) is 125 Å². The molecule has 0 saturated heterocycles. The molecule has 0 fully saturated rings. The Morgan fingerprint density at radius 1 is 1.06 bits per heavy atom. The Bertz CT molecular complexity index is 1340. The van der Waals surface area contributed by atoms with Crippen LogP contribution in [0.5, 0.6) is 5.75 Å². The van der Waals surface area contributed by atoms with Crippen LogP contribution in [0, 0.1) is 25.7 Å². The number of para-hydroxylation sites is 1. The van der Waals surface area contributed by atoms with E-state index in [0.29, 0.717) is 28.3 Å². The number of aromatic nitrogens is 2. The maximum atomic E-state index is 12.5. The summed E-state index contributed by atoms with van der Waals surface area (Å²) >= 11 is 0. The molecule has 9 heteroatoms. The minimum Gasteiger partial charge on any atom is -0.505 e. The molecule has 3 aromatic rings. The highest BCUT2D eigenvalue weighted by Crippen LogP contribution is 2.34. The number of rotatable bonds is 8. The largest absolute Gasteiger partial charge is 0.505 e. The number of aromatic hydroxyl groups is 1. The van der Waals surface area contributed by atoms with Gasteiger partial charge < -0.3 is 20.2 Å². The fraction of sp³-hybridized carbons (Fsp3) is 0.400. The summed E-state index contributed by atoms with van der Waals surface area (Å²) in [5.74, 6) is 2.14. The molecular formula is C25H30N6O3. The highest BCUT2D eigenvalue weighted by molar-refractivity contribution is 6.01. The van der Waals surface area contributed by atoms with Gasteiger partial charge in [-0.05, 0) is 43.5 Å². The minimum absolute atomic E-state index is 0.131. The van der Waals surface area contributed by atoms with Gasteiger partial charge in [0.15, 0.2) is 28.4 Å². The molecule has 178 valence electrons. The minimum atomic E-state index is -0.245. The van der Waals surface area contributed by atoms with Gasteiger partial charge >= 0.3 is 0 Å². The summed E-state index contributed by atoms with van der Waals surface area (Å²) < 4.78 is 5.99. The number of benzene rings is 1. The van der Waals surface area contributed by atoms with Crippen LogP contribution in [0.1, 0.15) is 61.2 Å². The lowest BCUT2D eigenvalue weighted by Crippen LogP contribution is -2.32. The van der Waals surface area contributed by atoms with E-state index in [9.17, 15) is 9.90 Å². The first-order valence-corrected chi connectivity index (χ1v) is 11.4. The molecule has 9 nitrogen and oxygen atoms in total. The van der Waals surface area contributed by atoms with Gasteiger partial charge in [0.2, 0.25) is 0 Å². The van der Waals surface area contributed by atoms with Crippen molar-refractivity contribution >= 4 is 23.1 Å². The van der Waals surface area contributed by atoms with Gasteiger partial charge in [0, 0.05) is 5.92 Å². The van der Waals surface area contributed by atoms with Gasteiger partial charge in [-0.2, -0.15) is 0 Å². The number of carbonyl (C=O) groups is 1. The molecule has 1 aromatic carbocycles. The first-order chi connectivity index (χ1) is 16.2. The molecule has 4 rings (SSSR count). The molecule has 0 bridgehead atoms. The third-order valence-corrected chi connectivity index (χ3v) is 5.83. The monoisotopic (exact) mass is 462 g/mol. The number of ketones is 1. The normalized spacial score (nSPS) is 13.4. The third kappa shape index (κ3) is 4.50. The molecule has 0 aliphatic carbocycles. The molecule has 0 spiro atoms. The van der Waals surface area contributed by atoms with Gasteiger partial charge in [0.1, 0.15) is 23.9 Å². The maximum Gasteiger partial charge on any atom is 0.196 e. The number of phenolic OH excluding ortho intramolecular Hbond substituents is 1. The van der Waals surface area contributed by atoms with Crippen molar-refractivity contribution in [2.24, 2.45) is 21.8 Å². The molecule has 1 aliphatic rings. The second-order valence-corrected chi connectivity index (χ2v) is 9.13. The van der Waals surface area contributed by atoms with Crippen molar-refractivity contribution < 1.29 is 14.3 Å². The summed E-state index contributed by atoms with van der Waals surface area (Å²) in [6, 6.07) is 6.86. The Morgan fingerprint density at radius 3 is 2.32 bits per heavy atom. The average molecular weight is 463 g/mol. The van der Waals surface area contributed by atoms with E-state index < -0.39 is 0 Å². The average Bonchev–Trinajstić information content (AvgIpc) is 3.37. The van der Waals surface area contributed by atoms with E-state index in [-0.39, 0.29) is 41.6 Å². The zero-order chi connectivity index (χ0) is 24.6. The summed E-state index contributed by atoms with van der Waals surface area (Å²) in [5, 5.41) is 17.4.